The fourth-order valence-corrected chi connectivity index (χ4v) is 3.77. The van der Waals surface area contributed by atoms with Gasteiger partial charge in [0.1, 0.15) is 18.0 Å². The molecule has 0 saturated carbocycles. The van der Waals surface area contributed by atoms with Crippen molar-refractivity contribution >= 4 is 5.91 Å². The standard InChI is InChI=1S/C23H30N2O3/c1-17-4-6-18(7-5-17)15-24-23(26)19-10-12-25(13-11-19)16-20-8-9-21(27-2)14-22(20)28-3/h4-9,14,19H,10-13,15-16H2,1-3H3,(H,24,26)/p+1. The number of methoxy groups -OCH3 is 2. The summed E-state index contributed by atoms with van der Waals surface area (Å²) >= 11 is 0. The van der Waals surface area contributed by atoms with Crippen molar-refractivity contribution in [2.24, 2.45) is 5.92 Å². The van der Waals surface area contributed by atoms with Crippen LogP contribution >= 0.6 is 0 Å². The van der Waals surface area contributed by atoms with Gasteiger partial charge in [0.25, 0.3) is 0 Å². The molecule has 150 valence electrons. The highest BCUT2D eigenvalue weighted by atomic mass is 16.5. The van der Waals surface area contributed by atoms with Crippen LogP contribution in [0, 0.1) is 12.8 Å². The van der Waals surface area contributed by atoms with Gasteiger partial charge in [-0.15, -0.1) is 0 Å². The topological polar surface area (TPSA) is 52.0 Å². The van der Waals surface area contributed by atoms with Gasteiger partial charge in [-0.05, 0) is 24.6 Å². The number of amides is 1. The van der Waals surface area contributed by atoms with E-state index in [-0.39, 0.29) is 11.8 Å². The van der Waals surface area contributed by atoms with Crippen molar-refractivity contribution in [3.8, 4) is 11.5 Å². The van der Waals surface area contributed by atoms with E-state index in [1.807, 2.05) is 12.1 Å². The fourth-order valence-electron chi connectivity index (χ4n) is 3.77. The Balaban J connectivity index is 1.47. The van der Waals surface area contributed by atoms with Crippen molar-refractivity contribution in [2.75, 3.05) is 27.3 Å². The Bertz CT molecular complexity index is 781. The molecule has 3 rings (SSSR count). The molecule has 0 bridgehead atoms. The lowest BCUT2D eigenvalue weighted by molar-refractivity contribution is -0.919. The maximum atomic E-state index is 12.5. The minimum atomic E-state index is 0.118. The summed E-state index contributed by atoms with van der Waals surface area (Å²) in [5.41, 5.74) is 3.56. The average molecular weight is 384 g/mol. The number of likely N-dealkylation sites (tertiary alicyclic amines) is 1. The van der Waals surface area contributed by atoms with E-state index in [1.54, 1.807) is 14.2 Å². The summed E-state index contributed by atoms with van der Waals surface area (Å²) in [7, 11) is 3.35. The number of ether oxygens (including phenoxy) is 2. The van der Waals surface area contributed by atoms with E-state index in [1.165, 1.54) is 16.0 Å². The van der Waals surface area contributed by atoms with Gasteiger partial charge in [0, 0.05) is 36.9 Å². The van der Waals surface area contributed by atoms with Gasteiger partial charge in [-0.2, -0.15) is 0 Å². The number of piperidine rings is 1. The summed E-state index contributed by atoms with van der Waals surface area (Å²) < 4.78 is 10.8. The highest BCUT2D eigenvalue weighted by molar-refractivity contribution is 5.78. The van der Waals surface area contributed by atoms with Crippen molar-refractivity contribution < 1.29 is 19.2 Å². The summed E-state index contributed by atoms with van der Waals surface area (Å²) in [5.74, 6) is 1.97. The van der Waals surface area contributed by atoms with E-state index in [4.69, 9.17) is 9.47 Å². The second-order valence-corrected chi connectivity index (χ2v) is 7.58. The first-order chi connectivity index (χ1) is 13.6. The van der Waals surface area contributed by atoms with Gasteiger partial charge in [-0.1, -0.05) is 29.8 Å². The number of aryl methyl sites for hydroxylation is 1. The number of quaternary nitrogens is 1. The number of hydrogen-bond acceptors (Lipinski definition) is 3. The number of hydrogen-bond donors (Lipinski definition) is 2. The molecule has 0 aromatic heterocycles. The van der Waals surface area contributed by atoms with E-state index < -0.39 is 0 Å². The third kappa shape index (κ3) is 5.26. The first-order valence-electron chi connectivity index (χ1n) is 9.96. The Morgan fingerprint density at radius 2 is 1.79 bits per heavy atom. The minimum Gasteiger partial charge on any atom is -0.497 e. The highest BCUT2D eigenvalue weighted by Crippen LogP contribution is 2.24. The van der Waals surface area contributed by atoms with Crippen LogP contribution in [0.15, 0.2) is 42.5 Å². The molecule has 1 fully saturated rings. The van der Waals surface area contributed by atoms with E-state index >= 15 is 0 Å². The molecule has 1 amide bonds. The lowest BCUT2D eigenvalue weighted by Gasteiger charge is -2.29. The van der Waals surface area contributed by atoms with Crippen LogP contribution in [0.2, 0.25) is 0 Å². The molecular weight excluding hydrogens is 352 g/mol. The highest BCUT2D eigenvalue weighted by Gasteiger charge is 2.27. The summed E-state index contributed by atoms with van der Waals surface area (Å²) in [6, 6.07) is 14.3. The van der Waals surface area contributed by atoms with Gasteiger partial charge in [0.2, 0.25) is 5.91 Å². The summed E-state index contributed by atoms with van der Waals surface area (Å²) in [6.45, 7) is 5.58. The predicted molar refractivity (Wildman–Crippen MR) is 110 cm³/mol. The first-order valence-corrected chi connectivity index (χ1v) is 9.96. The quantitative estimate of drug-likeness (QED) is 0.770. The Morgan fingerprint density at radius 3 is 2.43 bits per heavy atom. The Hall–Kier alpha value is -2.53. The molecule has 28 heavy (non-hydrogen) atoms. The van der Waals surface area contributed by atoms with E-state index in [0.29, 0.717) is 6.54 Å². The average Bonchev–Trinajstić information content (AvgIpc) is 2.74. The van der Waals surface area contributed by atoms with Crippen molar-refractivity contribution in [3.63, 3.8) is 0 Å². The van der Waals surface area contributed by atoms with E-state index in [2.05, 4.69) is 42.6 Å². The molecule has 1 heterocycles. The second kappa shape index (κ2) is 9.60. The van der Waals surface area contributed by atoms with Gasteiger partial charge < -0.3 is 19.7 Å². The molecular formula is C23H31N2O3+. The molecule has 5 heteroatoms. The van der Waals surface area contributed by atoms with Crippen LogP contribution in [0.5, 0.6) is 11.5 Å². The van der Waals surface area contributed by atoms with Crippen molar-refractivity contribution in [2.45, 2.75) is 32.9 Å². The molecule has 1 aliphatic rings. The van der Waals surface area contributed by atoms with E-state index in [0.717, 1.165) is 49.5 Å². The van der Waals surface area contributed by atoms with Crippen LogP contribution in [-0.2, 0) is 17.9 Å². The number of benzene rings is 2. The summed E-state index contributed by atoms with van der Waals surface area (Å²) in [6.07, 6.45) is 1.85. The lowest BCUT2D eigenvalue weighted by Crippen LogP contribution is -3.11. The SMILES string of the molecule is COc1ccc(C[NH+]2CCC(C(=O)NCc3ccc(C)cc3)CC2)c(OC)c1. The zero-order valence-corrected chi connectivity index (χ0v) is 17.1. The largest absolute Gasteiger partial charge is 0.497 e. The predicted octanol–water partition coefficient (Wildman–Crippen LogP) is 2.12. The van der Waals surface area contributed by atoms with E-state index in [9.17, 15) is 4.79 Å². The molecule has 1 aliphatic heterocycles. The Morgan fingerprint density at radius 1 is 1.07 bits per heavy atom. The third-order valence-electron chi connectivity index (χ3n) is 5.59. The van der Waals surface area contributed by atoms with Crippen LogP contribution < -0.4 is 19.7 Å². The fraction of sp³-hybridized carbons (Fsp3) is 0.435. The smallest absolute Gasteiger partial charge is 0.223 e. The number of rotatable bonds is 7. The van der Waals surface area contributed by atoms with Crippen molar-refractivity contribution in [1.82, 2.24) is 5.32 Å². The van der Waals surface area contributed by atoms with Crippen LogP contribution in [0.3, 0.4) is 0 Å². The molecule has 0 atom stereocenters. The maximum absolute atomic E-state index is 12.5. The van der Waals surface area contributed by atoms with Crippen LogP contribution in [-0.4, -0.2) is 33.2 Å². The molecule has 2 aromatic carbocycles. The summed E-state index contributed by atoms with van der Waals surface area (Å²) in [4.78, 5) is 14.0. The van der Waals surface area contributed by atoms with Gasteiger partial charge in [0.15, 0.2) is 0 Å². The first kappa shape index (κ1) is 20.2. The molecule has 5 nitrogen and oxygen atoms in total. The normalized spacial score (nSPS) is 19.1. The van der Waals surface area contributed by atoms with Crippen LogP contribution in [0.25, 0.3) is 0 Å². The minimum absolute atomic E-state index is 0.118. The van der Waals surface area contributed by atoms with Crippen LogP contribution in [0.1, 0.15) is 29.5 Å². The second-order valence-electron chi connectivity index (χ2n) is 7.58. The molecule has 0 spiro atoms. The van der Waals surface area contributed by atoms with Gasteiger partial charge in [-0.25, -0.2) is 0 Å². The Kier molecular flexibility index (Phi) is 6.93. The maximum Gasteiger partial charge on any atom is 0.223 e. The molecule has 1 saturated heterocycles. The zero-order valence-electron chi connectivity index (χ0n) is 17.1. The molecule has 0 unspecified atom stereocenters. The lowest BCUT2D eigenvalue weighted by atomic mass is 9.95. The van der Waals surface area contributed by atoms with Crippen molar-refractivity contribution in [1.29, 1.82) is 0 Å². The third-order valence-corrected chi connectivity index (χ3v) is 5.59. The van der Waals surface area contributed by atoms with Crippen LogP contribution in [0.4, 0.5) is 0 Å². The zero-order chi connectivity index (χ0) is 19.9. The molecule has 0 aliphatic carbocycles. The summed E-state index contributed by atoms with van der Waals surface area (Å²) in [5, 5.41) is 3.10. The van der Waals surface area contributed by atoms with Gasteiger partial charge in [-0.3, -0.25) is 4.79 Å². The number of carbonyl (C=O) groups is 1. The van der Waals surface area contributed by atoms with Gasteiger partial charge in [0.05, 0.1) is 27.3 Å². The molecule has 0 radical (unpaired) electrons. The molecule has 2 N–H and O–H groups in total. The monoisotopic (exact) mass is 383 g/mol. The number of nitrogens with one attached hydrogen (secondary N) is 2. The van der Waals surface area contributed by atoms with Gasteiger partial charge >= 0.3 is 0 Å². The number of carbonyl (C=O) groups excluding carboxylic acids is 1. The molecule has 2 aromatic rings. The Labute approximate surface area is 167 Å². The van der Waals surface area contributed by atoms with Crippen molar-refractivity contribution in [3.05, 3.63) is 59.2 Å².